The van der Waals surface area contributed by atoms with Gasteiger partial charge in [0.2, 0.25) is 0 Å². The van der Waals surface area contributed by atoms with Crippen molar-refractivity contribution >= 4 is 27.5 Å². The van der Waals surface area contributed by atoms with Crippen LogP contribution >= 0.6 is 0 Å². The van der Waals surface area contributed by atoms with Gasteiger partial charge in [-0.25, -0.2) is 9.00 Å². The highest BCUT2D eigenvalue weighted by molar-refractivity contribution is 7.99. The lowest BCUT2D eigenvalue weighted by Crippen LogP contribution is -2.35. The number of hydrogen-bond acceptors (Lipinski definition) is 5. The summed E-state index contributed by atoms with van der Waals surface area (Å²) in [6, 6.07) is 12.3. The van der Waals surface area contributed by atoms with Gasteiger partial charge in [-0.15, -0.1) is 0 Å². The number of benzene rings is 2. The summed E-state index contributed by atoms with van der Waals surface area (Å²) in [5.74, 6) is 2.70. The first kappa shape index (κ1) is 29.1. The Morgan fingerprint density at radius 3 is 2.37 bits per heavy atom. The molecule has 1 unspecified atom stereocenters. The zero-order valence-corrected chi connectivity index (χ0v) is 22.7. The monoisotopic (exact) mass is 586 g/mol. The number of halogens is 3. The summed E-state index contributed by atoms with van der Waals surface area (Å²) in [6.07, 6.45) is -3.12. The van der Waals surface area contributed by atoms with Gasteiger partial charge in [-0.1, -0.05) is 18.2 Å². The number of rotatable bonds is 7. The van der Waals surface area contributed by atoms with Crippen LogP contribution in [-0.4, -0.2) is 36.4 Å². The lowest BCUT2D eigenvalue weighted by Gasteiger charge is -2.18. The fourth-order valence-electron chi connectivity index (χ4n) is 4.22. The minimum atomic E-state index is -4.64. The second-order valence-electron chi connectivity index (χ2n) is 9.05. The van der Waals surface area contributed by atoms with Gasteiger partial charge in [0, 0.05) is 41.6 Å². The van der Waals surface area contributed by atoms with Crippen molar-refractivity contribution in [3.63, 3.8) is 0 Å². The van der Waals surface area contributed by atoms with Crippen molar-refractivity contribution in [2.45, 2.75) is 24.5 Å². The zero-order chi connectivity index (χ0) is 30.1. The van der Waals surface area contributed by atoms with E-state index in [2.05, 4.69) is 21.0 Å². The smallest absolute Gasteiger partial charge is 0.351 e. The Balaban J connectivity index is 1.72. The maximum atomic E-state index is 13.6. The van der Waals surface area contributed by atoms with Crippen LogP contribution in [0.3, 0.4) is 0 Å². The number of urea groups is 1. The lowest BCUT2D eigenvalue weighted by molar-refractivity contribution is -0.137. The van der Waals surface area contributed by atoms with Crippen LogP contribution in [0, 0.1) is 6.92 Å². The number of primary amides is 1. The fourth-order valence-corrected chi connectivity index (χ4v) is 5.24. The Bertz CT molecular complexity index is 1810. The molecule has 0 aliphatic carbocycles. The molecule has 0 fully saturated rings. The van der Waals surface area contributed by atoms with Gasteiger partial charge < -0.3 is 11.1 Å². The molecule has 0 bridgehead atoms. The van der Waals surface area contributed by atoms with E-state index in [1.165, 1.54) is 41.2 Å². The molecule has 0 radical (unpaired) electrons. The molecule has 1 atom stereocenters. The second-order valence-corrected chi connectivity index (χ2v) is 11.1. The highest BCUT2D eigenvalue weighted by Crippen LogP contribution is 2.31. The maximum Gasteiger partial charge on any atom is 0.416 e. The number of aromatic nitrogens is 3. The molecule has 4 N–H and O–H groups in total. The summed E-state index contributed by atoms with van der Waals surface area (Å²) in [7, 11) is -1.51. The van der Waals surface area contributed by atoms with Crippen LogP contribution in [0.15, 0.2) is 76.6 Å². The second kappa shape index (κ2) is 11.0. The van der Waals surface area contributed by atoms with E-state index < -0.39 is 38.9 Å². The SMILES string of the molecule is C=S(=O)(NC(N)=O)c1ccc(CNC(=O)c2cc(-c3ccnn3C)c(C)n(-c3cccc(C(F)(F)F)c3)c2=O)cc1. The first-order valence-corrected chi connectivity index (χ1v) is 13.7. The number of carbonyl (C=O) groups is 2. The van der Waals surface area contributed by atoms with Crippen molar-refractivity contribution in [2.75, 3.05) is 0 Å². The Hall–Kier alpha value is -4.85. The summed E-state index contributed by atoms with van der Waals surface area (Å²) in [5, 5.41) is 6.76. The first-order valence-electron chi connectivity index (χ1n) is 11.9. The Morgan fingerprint density at radius 2 is 1.78 bits per heavy atom. The number of nitrogens with two attached hydrogens (primary N) is 1. The number of amides is 3. The van der Waals surface area contributed by atoms with E-state index in [0.717, 1.165) is 16.7 Å². The molecule has 2 heterocycles. The number of nitrogens with one attached hydrogen (secondary N) is 2. The van der Waals surface area contributed by atoms with Gasteiger partial charge in [-0.05, 0) is 60.8 Å². The molecule has 2 aromatic carbocycles. The van der Waals surface area contributed by atoms with Gasteiger partial charge in [0.15, 0.2) is 0 Å². The molecule has 4 aromatic rings. The molecule has 214 valence electrons. The summed E-state index contributed by atoms with van der Waals surface area (Å²) in [6.45, 7) is 1.53. The van der Waals surface area contributed by atoms with E-state index in [9.17, 15) is 31.8 Å². The first-order chi connectivity index (χ1) is 19.2. The molecule has 0 spiro atoms. The van der Waals surface area contributed by atoms with E-state index >= 15 is 0 Å². The van der Waals surface area contributed by atoms with Crippen LogP contribution in [0.4, 0.5) is 18.0 Å². The van der Waals surface area contributed by atoms with Gasteiger partial charge in [0.1, 0.15) is 5.56 Å². The summed E-state index contributed by atoms with van der Waals surface area (Å²) < 4.78 is 57.5. The largest absolute Gasteiger partial charge is 0.416 e. The number of pyridine rings is 1. The summed E-state index contributed by atoms with van der Waals surface area (Å²) >= 11 is 0. The summed E-state index contributed by atoms with van der Waals surface area (Å²) in [4.78, 5) is 38.1. The van der Waals surface area contributed by atoms with Crippen molar-refractivity contribution in [1.29, 1.82) is 0 Å². The minimum Gasteiger partial charge on any atom is -0.351 e. The van der Waals surface area contributed by atoms with Crippen molar-refractivity contribution < 1.29 is 27.0 Å². The molecule has 2 aromatic heterocycles. The molecular weight excluding hydrogens is 561 g/mol. The van der Waals surface area contributed by atoms with Crippen LogP contribution in [0.1, 0.15) is 27.2 Å². The third-order valence-corrected chi connectivity index (χ3v) is 7.81. The molecule has 0 aliphatic heterocycles. The normalized spacial score (nSPS) is 12.9. The summed E-state index contributed by atoms with van der Waals surface area (Å²) in [5.41, 5.74) is 4.75. The highest BCUT2D eigenvalue weighted by atomic mass is 32.2. The lowest BCUT2D eigenvalue weighted by atomic mass is 10.1. The van der Waals surface area contributed by atoms with Gasteiger partial charge in [0.25, 0.3) is 11.5 Å². The van der Waals surface area contributed by atoms with Crippen LogP contribution < -0.4 is 21.3 Å². The van der Waals surface area contributed by atoms with E-state index in [1.807, 2.05) is 0 Å². The van der Waals surface area contributed by atoms with E-state index in [-0.39, 0.29) is 22.7 Å². The van der Waals surface area contributed by atoms with Gasteiger partial charge in [-0.2, -0.15) is 18.3 Å². The highest BCUT2D eigenvalue weighted by Gasteiger charge is 2.31. The number of carbonyl (C=O) groups excluding carboxylic acids is 2. The van der Waals surface area contributed by atoms with Gasteiger partial charge in [0.05, 0.1) is 21.0 Å². The molecule has 4 rings (SSSR count). The van der Waals surface area contributed by atoms with Crippen molar-refractivity contribution in [3.05, 3.63) is 99.6 Å². The standard InChI is InChI=1S/C27H25F3N6O4S/c1-16-21(23-11-12-33-35(23)2)14-22(25(38)36(16)19-6-4-5-18(13-19)27(28,29)30)24(37)32-15-17-7-9-20(10-8-17)41(3,40)34-26(31)39/h4-14H,3,15H2,1-2H3,(H,32,37)(H3,31,34,39,40). The molecule has 10 nitrogen and oxygen atoms in total. The van der Waals surface area contributed by atoms with Crippen molar-refractivity contribution in [1.82, 2.24) is 24.4 Å². The molecule has 3 amide bonds. The minimum absolute atomic E-state index is 0.0430. The predicted molar refractivity (Wildman–Crippen MR) is 148 cm³/mol. The van der Waals surface area contributed by atoms with Crippen molar-refractivity contribution in [2.24, 2.45) is 12.8 Å². The number of aryl methyl sites for hydroxylation is 1. The quantitative estimate of drug-likeness (QED) is 0.286. The predicted octanol–water partition coefficient (Wildman–Crippen LogP) is 3.15. The number of hydrogen-bond donors (Lipinski definition) is 3. The molecular formula is C27H25F3N6O4S. The van der Waals surface area contributed by atoms with Crippen LogP contribution in [0.25, 0.3) is 16.9 Å². The van der Waals surface area contributed by atoms with Crippen molar-refractivity contribution in [3.8, 4) is 16.9 Å². The zero-order valence-electron chi connectivity index (χ0n) is 21.9. The van der Waals surface area contributed by atoms with Crippen LogP contribution in [0.2, 0.25) is 0 Å². The van der Waals surface area contributed by atoms with Crippen LogP contribution in [0.5, 0.6) is 0 Å². The molecule has 0 saturated carbocycles. The molecule has 14 heteroatoms. The molecule has 41 heavy (non-hydrogen) atoms. The van der Waals surface area contributed by atoms with Gasteiger partial charge in [-0.3, -0.25) is 23.6 Å². The third kappa shape index (κ3) is 6.17. The topological polar surface area (TPSA) is 141 Å². The number of alkyl halides is 3. The maximum absolute atomic E-state index is 13.6. The molecule has 0 saturated heterocycles. The fraction of sp³-hybridized carbons (Fsp3) is 0.148. The molecule has 0 aliphatic rings. The third-order valence-electron chi connectivity index (χ3n) is 6.24. The average Bonchev–Trinajstić information content (AvgIpc) is 3.32. The van der Waals surface area contributed by atoms with Gasteiger partial charge >= 0.3 is 12.2 Å². The van der Waals surface area contributed by atoms with E-state index in [0.29, 0.717) is 22.5 Å². The van der Waals surface area contributed by atoms with E-state index in [4.69, 9.17) is 5.73 Å². The van der Waals surface area contributed by atoms with E-state index in [1.54, 1.807) is 32.2 Å². The Kier molecular flexibility index (Phi) is 7.79. The Morgan fingerprint density at radius 1 is 1.10 bits per heavy atom. The van der Waals surface area contributed by atoms with Crippen LogP contribution in [-0.2, 0) is 29.5 Å². The number of nitrogens with zero attached hydrogens (tertiary/aromatic N) is 3. The average molecular weight is 587 g/mol. The Labute approximate surface area is 232 Å².